The molecule has 100 valence electrons. The molecule has 0 aliphatic carbocycles. The van der Waals surface area contributed by atoms with Crippen molar-refractivity contribution in [3.63, 3.8) is 0 Å². The monoisotopic (exact) mass is 271 g/mol. The van der Waals surface area contributed by atoms with Crippen LogP contribution in [0.15, 0.2) is 43.0 Å². The maximum absolute atomic E-state index is 9.01. The molecule has 21 heavy (non-hydrogen) atoms. The van der Waals surface area contributed by atoms with Crippen LogP contribution < -0.4 is 5.32 Å². The van der Waals surface area contributed by atoms with E-state index in [0.717, 1.165) is 29.0 Å². The van der Waals surface area contributed by atoms with Crippen molar-refractivity contribution in [2.45, 2.75) is 6.42 Å². The molecule has 0 fully saturated rings. The third-order valence-electron chi connectivity index (χ3n) is 4.03. The average molecular weight is 271 g/mol. The minimum atomic E-state index is 0.674. The molecule has 3 aromatic rings. The third-order valence-corrected chi connectivity index (χ3v) is 4.03. The molecule has 0 spiro atoms. The van der Waals surface area contributed by atoms with E-state index in [2.05, 4.69) is 41.1 Å². The number of nitrogens with zero attached hydrogens (tertiary/aromatic N) is 1. The summed E-state index contributed by atoms with van der Waals surface area (Å²) in [6.07, 6.45) is 2.75. The fourth-order valence-corrected chi connectivity index (χ4v) is 2.95. The first-order valence-corrected chi connectivity index (χ1v) is 6.85. The van der Waals surface area contributed by atoms with E-state index in [1.807, 2.05) is 24.3 Å². The zero-order chi connectivity index (χ0) is 14.4. The van der Waals surface area contributed by atoms with E-state index >= 15 is 0 Å². The van der Waals surface area contributed by atoms with Crippen molar-refractivity contribution in [2.24, 2.45) is 0 Å². The van der Waals surface area contributed by atoms with Gasteiger partial charge in [0, 0.05) is 28.6 Å². The van der Waals surface area contributed by atoms with Crippen molar-refractivity contribution in [1.29, 1.82) is 5.26 Å². The van der Waals surface area contributed by atoms with Crippen molar-refractivity contribution < 1.29 is 0 Å². The van der Waals surface area contributed by atoms with Gasteiger partial charge in [0.2, 0.25) is 0 Å². The van der Waals surface area contributed by atoms with Crippen LogP contribution in [0.4, 0.5) is 11.5 Å². The van der Waals surface area contributed by atoms with Gasteiger partial charge < -0.3 is 10.3 Å². The number of rotatable bonds is 1. The third kappa shape index (κ3) is 1.73. The molecule has 0 bridgehead atoms. The Hall–Kier alpha value is -2.99. The van der Waals surface area contributed by atoms with Crippen molar-refractivity contribution in [2.75, 3.05) is 5.32 Å². The first kappa shape index (κ1) is 11.8. The summed E-state index contributed by atoms with van der Waals surface area (Å²) in [4.78, 5) is 3.38. The van der Waals surface area contributed by atoms with Crippen LogP contribution >= 0.6 is 0 Å². The quantitative estimate of drug-likeness (QED) is 0.541. The number of nitrogens with one attached hydrogen (secondary N) is 2. The first-order chi connectivity index (χ1) is 10.3. The van der Waals surface area contributed by atoms with E-state index in [0.29, 0.717) is 5.56 Å². The number of hydrogen-bond acceptors (Lipinski definition) is 2. The predicted octanol–water partition coefficient (Wildman–Crippen LogP) is 4.33. The van der Waals surface area contributed by atoms with Gasteiger partial charge >= 0.3 is 0 Å². The summed E-state index contributed by atoms with van der Waals surface area (Å²) in [5, 5.41) is 13.6. The molecular formula is C18H13N3. The number of benzene rings is 2. The Balaban J connectivity index is 1.88. The van der Waals surface area contributed by atoms with Crippen LogP contribution in [0.5, 0.6) is 0 Å². The Labute approximate surface area is 122 Å². The Kier molecular flexibility index (Phi) is 2.39. The molecular weight excluding hydrogens is 258 g/mol. The van der Waals surface area contributed by atoms with Gasteiger partial charge in [-0.15, -0.1) is 0 Å². The van der Waals surface area contributed by atoms with Crippen LogP contribution in [-0.4, -0.2) is 4.98 Å². The van der Waals surface area contributed by atoms with Gasteiger partial charge in [-0.05, 0) is 35.4 Å². The van der Waals surface area contributed by atoms with E-state index in [9.17, 15) is 0 Å². The van der Waals surface area contributed by atoms with Crippen LogP contribution in [0, 0.1) is 11.3 Å². The van der Waals surface area contributed by atoms with E-state index in [-0.39, 0.29) is 0 Å². The van der Waals surface area contributed by atoms with Gasteiger partial charge in [-0.3, -0.25) is 0 Å². The maximum atomic E-state index is 9.01. The zero-order valence-corrected chi connectivity index (χ0v) is 11.4. The lowest BCUT2D eigenvalue weighted by atomic mass is 9.96. The van der Waals surface area contributed by atoms with Gasteiger partial charge in [-0.25, -0.2) is 0 Å². The molecule has 1 aliphatic heterocycles. The smallest absolute Gasteiger partial charge is 0.112 e. The largest absolute Gasteiger partial charge is 0.341 e. The molecule has 0 saturated carbocycles. The summed E-state index contributed by atoms with van der Waals surface area (Å²) < 4.78 is 0. The number of aromatic nitrogens is 1. The lowest BCUT2D eigenvalue weighted by Gasteiger charge is -2.19. The van der Waals surface area contributed by atoms with E-state index in [1.165, 1.54) is 16.5 Å². The van der Waals surface area contributed by atoms with Crippen molar-refractivity contribution in [3.8, 4) is 6.07 Å². The summed E-state index contributed by atoms with van der Waals surface area (Å²) in [6, 6.07) is 14.3. The van der Waals surface area contributed by atoms with Gasteiger partial charge in [0.1, 0.15) is 5.82 Å². The minimum Gasteiger partial charge on any atom is -0.341 e. The number of nitriles is 1. The van der Waals surface area contributed by atoms with E-state index in [4.69, 9.17) is 5.26 Å². The summed E-state index contributed by atoms with van der Waals surface area (Å²) in [7, 11) is 0. The molecule has 2 heterocycles. The van der Waals surface area contributed by atoms with Crippen LogP contribution in [0.2, 0.25) is 0 Å². The van der Waals surface area contributed by atoms with Crippen molar-refractivity contribution in [3.05, 3.63) is 65.2 Å². The zero-order valence-electron chi connectivity index (χ0n) is 11.4. The highest BCUT2D eigenvalue weighted by atomic mass is 15.0. The summed E-state index contributed by atoms with van der Waals surface area (Å²) in [6.45, 7) is 3.83. The molecule has 3 heteroatoms. The van der Waals surface area contributed by atoms with Gasteiger partial charge in [-0.1, -0.05) is 24.8 Å². The Morgan fingerprint density at radius 1 is 1.19 bits per heavy atom. The molecule has 4 rings (SSSR count). The highest BCUT2D eigenvalue weighted by Gasteiger charge is 2.19. The van der Waals surface area contributed by atoms with Crippen LogP contribution in [0.1, 0.15) is 22.3 Å². The molecule has 0 unspecified atom stereocenters. The molecule has 2 aromatic carbocycles. The molecule has 3 nitrogen and oxygen atoms in total. The molecule has 0 amide bonds. The Morgan fingerprint density at radius 3 is 2.90 bits per heavy atom. The first-order valence-electron chi connectivity index (χ1n) is 6.85. The highest BCUT2D eigenvalue weighted by Crippen LogP contribution is 2.37. The van der Waals surface area contributed by atoms with Crippen LogP contribution in [0.25, 0.3) is 17.0 Å². The lowest BCUT2D eigenvalue weighted by molar-refractivity contribution is 1.16. The lowest BCUT2D eigenvalue weighted by Crippen LogP contribution is -2.05. The predicted molar refractivity (Wildman–Crippen MR) is 85.6 cm³/mol. The number of fused-ring (bicyclic) bond motifs is 4. The fraction of sp³-hybridized carbons (Fsp3) is 0.0556. The topological polar surface area (TPSA) is 51.6 Å². The van der Waals surface area contributed by atoms with Gasteiger partial charge in [0.05, 0.1) is 11.6 Å². The number of hydrogen-bond donors (Lipinski definition) is 2. The van der Waals surface area contributed by atoms with Crippen molar-refractivity contribution in [1.82, 2.24) is 4.98 Å². The van der Waals surface area contributed by atoms with Crippen molar-refractivity contribution >= 4 is 28.5 Å². The van der Waals surface area contributed by atoms with Gasteiger partial charge in [0.25, 0.3) is 0 Å². The molecule has 1 aliphatic rings. The fourth-order valence-electron chi connectivity index (χ4n) is 2.95. The Morgan fingerprint density at radius 2 is 2.10 bits per heavy atom. The average Bonchev–Trinajstić information content (AvgIpc) is 2.88. The SMILES string of the molecule is C=Cc1ccc2c(c1)Cc1c([nH]c3cc(C#N)ccc13)N2. The minimum absolute atomic E-state index is 0.674. The second kappa shape index (κ2) is 4.26. The second-order valence-corrected chi connectivity index (χ2v) is 5.27. The molecule has 0 radical (unpaired) electrons. The van der Waals surface area contributed by atoms with E-state index < -0.39 is 0 Å². The molecule has 1 aromatic heterocycles. The summed E-state index contributed by atoms with van der Waals surface area (Å²) in [5.74, 6) is 1.03. The molecule has 0 saturated heterocycles. The summed E-state index contributed by atoms with van der Waals surface area (Å²) in [5.41, 5.74) is 6.45. The number of anilines is 2. The van der Waals surface area contributed by atoms with Gasteiger partial charge in [-0.2, -0.15) is 5.26 Å². The summed E-state index contributed by atoms with van der Waals surface area (Å²) >= 11 is 0. The number of aromatic amines is 1. The normalized spacial score (nSPS) is 12.1. The number of H-pyrrole nitrogens is 1. The van der Waals surface area contributed by atoms with Gasteiger partial charge in [0.15, 0.2) is 0 Å². The maximum Gasteiger partial charge on any atom is 0.112 e. The van der Waals surface area contributed by atoms with E-state index in [1.54, 1.807) is 0 Å². The highest BCUT2D eigenvalue weighted by molar-refractivity contribution is 5.92. The standard InChI is InChI=1S/C18H13N3/c1-2-11-4-6-16-13(7-11)9-15-14-5-3-12(10-19)8-17(14)21-18(15)20-16/h2-8,20-21H,1,9H2. The Bertz CT molecular complexity index is 926. The molecule has 0 atom stereocenters. The molecule has 2 N–H and O–H groups in total. The van der Waals surface area contributed by atoms with Crippen LogP contribution in [0.3, 0.4) is 0 Å². The second-order valence-electron chi connectivity index (χ2n) is 5.27. The van der Waals surface area contributed by atoms with Crippen LogP contribution in [-0.2, 0) is 6.42 Å².